The van der Waals surface area contributed by atoms with Gasteiger partial charge in [0.05, 0.1) is 25.2 Å². The maximum atomic E-state index is 14.1. The van der Waals surface area contributed by atoms with E-state index in [0.29, 0.717) is 11.1 Å². The number of aliphatic hydroxyl groups is 4. The van der Waals surface area contributed by atoms with E-state index < -0.39 is 61.1 Å². The number of hydrogen-bond donors (Lipinski definition) is 7. The van der Waals surface area contributed by atoms with Crippen molar-refractivity contribution in [2.45, 2.75) is 163 Å². The molecule has 0 aromatic heterocycles. The molecule has 0 aliphatic rings. The van der Waals surface area contributed by atoms with Gasteiger partial charge in [-0.15, -0.1) is 0 Å². The third-order valence-corrected chi connectivity index (χ3v) is 9.64. The first-order valence-electron chi connectivity index (χ1n) is 17.4. The highest BCUT2D eigenvalue weighted by atomic mass is 31.2. The maximum absolute atomic E-state index is 14.1. The Morgan fingerprint density at radius 1 is 0.408 bits per heavy atom. The summed E-state index contributed by atoms with van der Waals surface area (Å²) in [6.07, 6.45) is 0. The van der Waals surface area contributed by atoms with Crippen LogP contribution in [-0.4, -0.2) is 54.9 Å². The molecule has 2 aromatic rings. The standard InChI is InChI=1S/C41H68O4.H3O3P/c1-34(2,3)26-19-28(36(7,8)9)32(29(20-26)37(10,11)12)41(45,40(23-42,24-43)25-44)33-30(38(13,14)15)21-27(35(4,5)6)22-31(33)39(16,17)18;1-4(2)3/h19-22,42-45H,23-25H2,1-18H3;1-3H. The van der Waals surface area contributed by atoms with Crippen LogP contribution in [0.5, 0.6) is 0 Å². The van der Waals surface area contributed by atoms with Crippen LogP contribution in [-0.2, 0) is 38.1 Å². The molecule has 0 bridgehead atoms. The van der Waals surface area contributed by atoms with Gasteiger partial charge in [0.1, 0.15) is 5.60 Å². The lowest BCUT2D eigenvalue weighted by molar-refractivity contribution is -0.138. The van der Waals surface area contributed by atoms with E-state index in [1.807, 2.05) is 0 Å². The van der Waals surface area contributed by atoms with E-state index in [0.717, 1.165) is 33.4 Å². The first-order valence-corrected chi connectivity index (χ1v) is 18.6. The predicted molar refractivity (Wildman–Crippen MR) is 205 cm³/mol. The lowest BCUT2D eigenvalue weighted by Crippen LogP contribution is -2.57. The van der Waals surface area contributed by atoms with Crippen LogP contribution in [0.15, 0.2) is 24.3 Å². The minimum atomic E-state index is -2.62. The second-order valence-electron chi connectivity index (χ2n) is 20.1. The number of aliphatic hydroxyl groups excluding tert-OH is 3. The van der Waals surface area contributed by atoms with Gasteiger partial charge in [-0.05, 0) is 77.0 Å². The van der Waals surface area contributed by atoms with Crippen molar-refractivity contribution in [3.05, 3.63) is 68.8 Å². The summed E-state index contributed by atoms with van der Waals surface area (Å²) in [6.45, 7) is 37.2. The fraction of sp³-hybridized carbons (Fsp3) is 0.707. The summed E-state index contributed by atoms with van der Waals surface area (Å²) in [5.41, 5.74) is 1.72. The smallest absolute Gasteiger partial charge is 0.324 e. The molecule has 8 heteroatoms. The molecular weight excluding hydrogens is 635 g/mol. The van der Waals surface area contributed by atoms with Crippen LogP contribution in [0.1, 0.15) is 169 Å². The van der Waals surface area contributed by atoms with Gasteiger partial charge >= 0.3 is 8.60 Å². The molecule has 0 aliphatic carbocycles. The number of hydrogen-bond acceptors (Lipinski definition) is 7. The van der Waals surface area contributed by atoms with E-state index in [4.69, 9.17) is 14.7 Å². The van der Waals surface area contributed by atoms with E-state index in [1.165, 1.54) is 0 Å². The largest absolute Gasteiger partial charge is 0.395 e. The summed E-state index contributed by atoms with van der Waals surface area (Å²) in [5, 5.41) is 48.0. The van der Waals surface area contributed by atoms with Crippen molar-refractivity contribution < 1.29 is 35.1 Å². The van der Waals surface area contributed by atoms with Crippen LogP contribution < -0.4 is 0 Å². The second-order valence-corrected chi connectivity index (χ2v) is 20.7. The molecule has 0 heterocycles. The van der Waals surface area contributed by atoms with Gasteiger partial charge in [0.25, 0.3) is 0 Å². The van der Waals surface area contributed by atoms with Crippen molar-refractivity contribution in [2.75, 3.05) is 19.8 Å². The Hall–Kier alpha value is -1.41. The second kappa shape index (κ2) is 14.9. The van der Waals surface area contributed by atoms with E-state index in [-0.39, 0.29) is 10.8 Å². The lowest BCUT2D eigenvalue weighted by Gasteiger charge is -2.52. The summed E-state index contributed by atoms with van der Waals surface area (Å²) < 4.78 is 0. The molecule has 2 aromatic carbocycles. The molecular formula is C41H71O7P. The molecule has 0 saturated carbocycles. The Balaban J connectivity index is 0.00000283. The third kappa shape index (κ3) is 9.93. The van der Waals surface area contributed by atoms with E-state index in [9.17, 15) is 20.4 Å². The summed E-state index contributed by atoms with van der Waals surface area (Å²) in [6, 6.07) is 8.85. The highest BCUT2D eigenvalue weighted by molar-refractivity contribution is 7.38. The molecule has 7 nitrogen and oxygen atoms in total. The van der Waals surface area contributed by atoms with Crippen molar-refractivity contribution in [1.82, 2.24) is 0 Å². The lowest BCUT2D eigenvalue weighted by atomic mass is 9.55. The van der Waals surface area contributed by atoms with E-state index in [1.54, 1.807) is 0 Å². The van der Waals surface area contributed by atoms with Gasteiger partial charge in [-0.1, -0.05) is 149 Å². The zero-order chi connectivity index (χ0) is 39.1. The van der Waals surface area contributed by atoms with Crippen LogP contribution in [0.4, 0.5) is 0 Å². The van der Waals surface area contributed by atoms with Crippen LogP contribution in [0.25, 0.3) is 0 Å². The highest BCUT2D eigenvalue weighted by Crippen LogP contribution is 2.56. The Labute approximate surface area is 299 Å². The summed E-state index contributed by atoms with van der Waals surface area (Å²) >= 11 is 0. The van der Waals surface area contributed by atoms with Crippen LogP contribution in [0.2, 0.25) is 0 Å². The molecule has 49 heavy (non-hydrogen) atoms. The third-order valence-electron chi connectivity index (χ3n) is 9.64. The minimum absolute atomic E-state index is 0.167. The van der Waals surface area contributed by atoms with E-state index in [2.05, 4.69) is 149 Å². The molecule has 282 valence electrons. The van der Waals surface area contributed by atoms with Gasteiger partial charge in [0.15, 0.2) is 0 Å². The highest BCUT2D eigenvalue weighted by Gasteiger charge is 2.58. The van der Waals surface area contributed by atoms with Gasteiger partial charge in [-0.25, -0.2) is 0 Å². The Bertz CT molecular complexity index is 1240. The molecule has 0 radical (unpaired) electrons. The normalized spacial score (nSPS) is 14.2. The Morgan fingerprint density at radius 3 is 0.714 bits per heavy atom. The van der Waals surface area contributed by atoms with Gasteiger partial charge in [0.2, 0.25) is 0 Å². The molecule has 0 aliphatic heterocycles. The predicted octanol–water partition coefficient (Wildman–Crippen LogP) is 7.86. The van der Waals surface area contributed by atoms with E-state index >= 15 is 0 Å². The number of benzene rings is 2. The van der Waals surface area contributed by atoms with Gasteiger partial charge in [-0.3, -0.25) is 0 Å². The van der Waals surface area contributed by atoms with Crippen molar-refractivity contribution >= 4 is 8.60 Å². The molecule has 0 atom stereocenters. The molecule has 2 rings (SSSR count). The van der Waals surface area contributed by atoms with Gasteiger partial charge in [-0.2, -0.15) is 0 Å². The molecule has 0 amide bonds. The molecule has 0 saturated heterocycles. The molecule has 0 spiro atoms. The average Bonchev–Trinajstić information content (AvgIpc) is 2.89. The van der Waals surface area contributed by atoms with Crippen molar-refractivity contribution in [2.24, 2.45) is 5.41 Å². The van der Waals surface area contributed by atoms with Gasteiger partial charge in [0, 0.05) is 0 Å². The van der Waals surface area contributed by atoms with Crippen LogP contribution in [0.3, 0.4) is 0 Å². The molecule has 7 N–H and O–H groups in total. The average molecular weight is 707 g/mol. The summed E-state index contributed by atoms with van der Waals surface area (Å²) in [4.78, 5) is 21.7. The Kier molecular flexibility index (Phi) is 13.9. The SMILES string of the molecule is CC(C)(C)c1cc(C(C)(C)C)c(C(O)(c2c(C(C)(C)C)cc(C(C)(C)C)cc2C(C)(C)C)C(CO)(CO)CO)c(C(C)(C)C)c1.OP(O)O. The zero-order valence-electron chi connectivity index (χ0n) is 34.0. The van der Waals surface area contributed by atoms with Crippen molar-refractivity contribution in [3.8, 4) is 0 Å². The summed E-state index contributed by atoms with van der Waals surface area (Å²) in [5.74, 6) is 0. The fourth-order valence-corrected chi connectivity index (χ4v) is 6.44. The maximum Gasteiger partial charge on any atom is 0.324 e. The topological polar surface area (TPSA) is 142 Å². The Morgan fingerprint density at radius 2 is 0.592 bits per heavy atom. The van der Waals surface area contributed by atoms with Crippen molar-refractivity contribution in [1.29, 1.82) is 0 Å². The fourth-order valence-electron chi connectivity index (χ4n) is 6.44. The van der Waals surface area contributed by atoms with Gasteiger partial charge < -0.3 is 35.1 Å². The minimum Gasteiger partial charge on any atom is -0.395 e. The monoisotopic (exact) mass is 706 g/mol. The summed E-state index contributed by atoms with van der Waals surface area (Å²) in [7, 11) is -2.62. The zero-order valence-corrected chi connectivity index (χ0v) is 34.9. The van der Waals surface area contributed by atoms with Crippen LogP contribution >= 0.6 is 8.60 Å². The van der Waals surface area contributed by atoms with Crippen molar-refractivity contribution in [3.63, 3.8) is 0 Å². The first kappa shape index (κ1) is 45.6. The number of rotatable bonds is 6. The van der Waals surface area contributed by atoms with Crippen LogP contribution in [0, 0.1) is 5.41 Å². The first-order chi connectivity index (χ1) is 21.6. The molecule has 0 unspecified atom stereocenters. The molecule has 0 fully saturated rings. The quantitative estimate of drug-likeness (QED) is 0.152.